The number of fused-ring (bicyclic) bond motifs is 6. The lowest BCUT2D eigenvalue weighted by atomic mass is 10.0. The molecular formula is C48H33N3. The summed E-state index contributed by atoms with van der Waals surface area (Å²) < 4.78 is 4.80. The lowest BCUT2D eigenvalue weighted by Gasteiger charge is -2.13. The van der Waals surface area contributed by atoms with Crippen molar-refractivity contribution in [1.82, 2.24) is 14.1 Å². The highest BCUT2D eigenvalue weighted by Crippen LogP contribution is 2.39. The fraction of sp³-hybridized carbons (Fsp3) is 0.0208. The van der Waals surface area contributed by atoms with Crippen LogP contribution in [0.25, 0.3) is 88.6 Å². The van der Waals surface area contributed by atoms with Gasteiger partial charge in [0.15, 0.2) is 0 Å². The van der Waals surface area contributed by atoms with Crippen LogP contribution in [0.5, 0.6) is 0 Å². The van der Waals surface area contributed by atoms with Gasteiger partial charge in [-0.2, -0.15) is 0 Å². The molecule has 3 nitrogen and oxygen atoms in total. The molecule has 10 rings (SSSR count). The van der Waals surface area contributed by atoms with E-state index < -0.39 is 0 Å². The Balaban J connectivity index is 1.17. The van der Waals surface area contributed by atoms with Crippen molar-refractivity contribution in [2.75, 3.05) is 0 Å². The molecule has 3 heteroatoms. The smallest absolute Gasteiger partial charge is 0.0730 e. The molecule has 0 saturated heterocycles. The SMILES string of the molecule is Cc1ccccc1-n1c2ccccc2c2cc(-c3ccc4c(c3)c3ccccc3n4-c3cc(-c4ccccc4)nc(-c4ccccc4)c3)ccc21. The number of para-hydroxylation sites is 3. The highest BCUT2D eigenvalue weighted by Gasteiger charge is 2.18. The third-order valence-electron chi connectivity index (χ3n) is 10.2. The van der Waals surface area contributed by atoms with Gasteiger partial charge in [-0.3, -0.25) is 0 Å². The van der Waals surface area contributed by atoms with Crippen LogP contribution >= 0.6 is 0 Å². The first-order valence-electron chi connectivity index (χ1n) is 17.5. The van der Waals surface area contributed by atoms with Gasteiger partial charge in [0.25, 0.3) is 0 Å². The molecule has 7 aromatic carbocycles. The van der Waals surface area contributed by atoms with Gasteiger partial charge < -0.3 is 9.13 Å². The molecule has 10 aromatic rings. The van der Waals surface area contributed by atoms with Crippen LogP contribution in [0.15, 0.2) is 182 Å². The molecule has 51 heavy (non-hydrogen) atoms. The quantitative estimate of drug-likeness (QED) is 0.182. The first kappa shape index (κ1) is 29.2. The largest absolute Gasteiger partial charge is 0.309 e. The predicted molar refractivity (Wildman–Crippen MR) is 214 cm³/mol. The van der Waals surface area contributed by atoms with Crippen LogP contribution in [0.3, 0.4) is 0 Å². The monoisotopic (exact) mass is 651 g/mol. The molecule has 0 spiro atoms. The Bertz CT molecular complexity index is 2860. The lowest BCUT2D eigenvalue weighted by Crippen LogP contribution is -1.98. The van der Waals surface area contributed by atoms with Crippen molar-refractivity contribution in [3.05, 3.63) is 188 Å². The molecule has 240 valence electrons. The van der Waals surface area contributed by atoms with Crippen molar-refractivity contribution in [3.8, 4) is 45.0 Å². The Labute approximate surface area is 296 Å². The number of hydrogen-bond donors (Lipinski definition) is 0. The van der Waals surface area contributed by atoms with Gasteiger partial charge in [0.1, 0.15) is 0 Å². The maximum atomic E-state index is 5.15. The van der Waals surface area contributed by atoms with E-state index in [0.717, 1.165) is 28.2 Å². The van der Waals surface area contributed by atoms with E-state index in [1.54, 1.807) is 0 Å². The third-order valence-corrected chi connectivity index (χ3v) is 10.2. The van der Waals surface area contributed by atoms with Crippen LogP contribution in [0, 0.1) is 6.92 Å². The van der Waals surface area contributed by atoms with Crippen LogP contribution in [0.1, 0.15) is 5.56 Å². The normalized spacial score (nSPS) is 11.6. The molecule has 0 aliphatic rings. The molecule has 0 radical (unpaired) electrons. The second-order valence-corrected chi connectivity index (χ2v) is 13.3. The van der Waals surface area contributed by atoms with E-state index in [1.807, 2.05) is 0 Å². The molecule has 0 aliphatic heterocycles. The van der Waals surface area contributed by atoms with Gasteiger partial charge in [0.2, 0.25) is 0 Å². The lowest BCUT2D eigenvalue weighted by molar-refractivity contribution is 1.15. The summed E-state index contributed by atoms with van der Waals surface area (Å²) in [6.45, 7) is 2.19. The number of benzene rings is 7. The van der Waals surface area contributed by atoms with Crippen LogP contribution in [0.4, 0.5) is 0 Å². The Morgan fingerprint density at radius 1 is 0.353 bits per heavy atom. The highest BCUT2D eigenvalue weighted by molar-refractivity contribution is 6.12. The summed E-state index contributed by atoms with van der Waals surface area (Å²) in [5, 5.41) is 4.97. The number of pyridine rings is 1. The first-order valence-corrected chi connectivity index (χ1v) is 17.5. The van der Waals surface area contributed by atoms with Crippen molar-refractivity contribution < 1.29 is 0 Å². The van der Waals surface area contributed by atoms with Gasteiger partial charge in [-0.05, 0) is 78.2 Å². The molecule has 0 amide bonds. The molecule has 0 unspecified atom stereocenters. The van der Waals surface area contributed by atoms with Crippen LogP contribution in [0.2, 0.25) is 0 Å². The number of hydrogen-bond acceptors (Lipinski definition) is 1. The summed E-state index contributed by atoms with van der Waals surface area (Å²) in [7, 11) is 0. The van der Waals surface area contributed by atoms with E-state index >= 15 is 0 Å². The zero-order valence-electron chi connectivity index (χ0n) is 28.2. The predicted octanol–water partition coefficient (Wildman–Crippen LogP) is 12.6. The van der Waals surface area contributed by atoms with Crippen LogP contribution in [-0.4, -0.2) is 14.1 Å². The average molecular weight is 652 g/mol. The summed E-state index contributed by atoms with van der Waals surface area (Å²) in [5.74, 6) is 0. The van der Waals surface area contributed by atoms with Gasteiger partial charge in [-0.1, -0.05) is 127 Å². The van der Waals surface area contributed by atoms with E-state index in [0.29, 0.717) is 0 Å². The molecule has 0 atom stereocenters. The Kier molecular flexibility index (Phi) is 6.71. The van der Waals surface area contributed by atoms with E-state index in [4.69, 9.17) is 4.98 Å². The maximum absolute atomic E-state index is 5.15. The Morgan fingerprint density at radius 3 is 1.37 bits per heavy atom. The topological polar surface area (TPSA) is 22.8 Å². The molecule has 0 saturated carbocycles. The van der Waals surface area contributed by atoms with Gasteiger partial charge in [0.05, 0.1) is 39.1 Å². The fourth-order valence-corrected chi connectivity index (χ4v) is 7.82. The van der Waals surface area contributed by atoms with Gasteiger partial charge >= 0.3 is 0 Å². The molecule has 0 aliphatic carbocycles. The zero-order valence-corrected chi connectivity index (χ0v) is 28.2. The zero-order chi connectivity index (χ0) is 33.9. The Morgan fingerprint density at radius 2 is 0.804 bits per heavy atom. The average Bonchev–Trinajstić information content (AvgIpc) is 3.71. The van der Waals surface area contributed by atoms with Crippen molar-refractivity contribution >= 4 is 43.6 Å². The summed E-state index contributed by atoms with van der Waals surface area (Å²) in [6.07, 6.45) is 0. The summed E-state index contributed by atoms with van der Waals surface area (Å²) in [4.78, 5) is 5.15. The summed E-state index contributed by atoms with van der Waals surface area (Å²) >= 11 is 0. The third kappa shape index (κ3) is 4.78. The van der Waals surface area contributed by atoms with E-state index in [9.17, 15) is 0 Å². The van der Waals surface area contributed by atoms with Gasteiger partial charge in [-0.15, -0.1) is 0 Å². The number of aromatic nitrogens is 3. The van der Waals surface area contributed by atoms with E-state index in [2.05, 4.69) is 198 Å². The molecule has 3 aromatic heterocycles. The maximum Gasteiger partial charge on any atom is 0.0730 e. The minimum absolute atomic E-state index is 0.952. The minimum atomic E-state index is 0.952. The second kappa shape index (κ2) is 11.7. The van der Waals surface area contributed by atoms with Crippen molar-refractivity contribution in [2.45, 2.75) is 6.92 Å². The number of rotatable bonds is 5. The highest BCUT2D eigenvalue weighted by atomic mass is 15.0. The van der Waals surface area contributed by atoms with Crippen molar-refractivity contribution in [3.63, 3.8) is 0 Å². The minimum Gasteiger partial charge on any atom is -0.309 e. The van der Waals surface area contributed by atoms with E-state index in [-0.39, 0.29) is 0 Å². The number of aryl methyl sites for hydroxylation is 1. The summed E-state index contributed by atoms with van der Waals surface area (Å²) in [6, 6.07) is 65.4. The second-order valence-electron chi connectivity index (χ2n) is 13.3. The van der Waals surface area contributed by atoms with Crippen LogP contribution in [-0.2, 0) is 0 Å². The fourth-order valence-electron chi connectivity index (χ4n) is 7.82. The molecule has 0 fully saturated rings. The van der Waals surface area contributed by atoms with Crippen molar-refractivity contribution in [2.24, 2.45) is 0 Å². The standard InChI is InChI=1S/C48H33N3/c1-32-14-8-11-21-44(32)51-46-23-13-10-20-39(46)41-29-36(25-27-48(41)51)35-24-26-47-40(28-35)38-19-9-12-22-45(38)50(47)37-30-42(33-15-4-2-5-16-33)49-43(31-37)34-17-6-3-7-18-34/h2-31H,1H3. The van der Waals surface area contributed by atoms with Crippen molar-refractivity contribution in [1.29, 1.82) is 0 Å². The van der Waals surface area contributed by atoms with Crippen LogP contribution < -0.4 is 0 Å². The number of nitrogens with zero attached hydrogens (tertiary/aromatic N) is 3. The van der Waals surface area contributed by atoms with E-state index in [1.165, 1.54) is 66.0 Å². The Hall–Kier alpha value is -6.71. The first-order chi connectivity index (χ1) is 25.2. The molecular weight excluding hydrogens is 619 g/mol. The van der Waals surface area contributed by atoms with Gasteiger partial charge in [0, 0.05) is 38.4 Å². The summed E-state index contributed by atoms with van der Waals surface area (Å²) in [5.41, 5.74) is 14.8. The van der Waals surface area contributed by atoms with Gasteiger partial charge in [-0.25, -0.2) is 4.98 Å². The molecule has 3 heterocycles. The molecule has 0 N–H and O–H groups in total. The molecule has 0 bridgehead atoms.